The van der Waals surface area contributed by atoms with Gasteiger partial charge in [0.1, 0.15) is 6.04 Å². The Bertz CT molecular complexity index is 864. The number of hydrogen-bond donors (Lipinski definition) is 2. The second-order valence-electron chi connectivity index (χ2n) is 5.61. The fraction of sp³-hybridized carbons (Fsp3) is 0.312. The van der Waals surface area contributed by atoms with Crippen molar-refractivity contribution in [2.45, 2.75) is 31.5 Å². The molecule has 1 amide bonds. The van der Waals surface area contributed by atoms with Crippen molar-refractivity contribution in [2.75, 3.05) is 11.1 Å². The number of halogens is 2. The summed E-state index contributed by atoms with van der Waals surface area (Å²) in [6.07, 6.45) is 1.01. The van der Waals surface area contributed by atoms with E-state index < -0.39 is 11.9 Å². The zero-order valence-corrected chi connectivity index (χ0v) is 16.0. The summed E-state index contributed by atoms with van der Waals surface area (Å²) in [6.45, 7) is 3.88. The van der Waals surface area contributed by atoms with Gasteiger partial charge in [-0.05, 0) is 25.5 Å². The highest BCUT2D eigenvalue weighted by Gasteiger charge is 2.34. The zero-order chi connectivity index (χ0) is 18.1. The van der Waals surface area contributed by atoms with Crippen molar-refractivity contribution in [3.8, 4) is 0 Å². The van der Waals surface area contributed by atoms with Crippen LogP contribution in [0.25, 0.3) is 0 Å². The third kappa shape index (κ3) is 3.49. The summed E-state index contributed by atoms with van der Waals surface area (Å²) in [7, 11) is 0. The van der Waals surface area contributed by atoms with Gasteiger partial charge in [-0.15, -0.1) is 5.10 Å². The van der Waals surface area contributed by atoms with Gasteiger partial charge >= 0.3 is 0 Å². The molecule has 0 bridgehead atoms. The number of carbonyl (C=O) groups excluding carboxylic acids is 1. The minimum Gasteiger partial charge on any atom is -0.366 e. The van der Waals surface area contributed by atoms with E-state index in [1.807, 2.05) is 0 Å². The van der Waals surface area contributed by atoms with E-state index in [0.29, 0.717) is 38.0 Å². The van der Waals surface area contributed by atoms with Crippen LogP contribution in [0.2, 0.25) is 10.0 Å². The van der Waals surface area contributed by atoms with Crippen molar-refractivity contribution in [1.29, 1.82) is 0 Å². The van der Waals surface area contributed by atoms with E-state index in [1.54, 1.807) is 41.6 Å². The first kappa shape index (κ1) is 18.1. The number of nitrogens with one attached hydrogen (secondary N) is 1. The number of allylic oxidation sites excluding steroid dienone is 1. The molecule has 9 heteroatoms. The van der Waals surface area contributed by atoms with E-state index in [4.69, 9.17) is 28.9 Å². The fourth-order valence-corrected chi connectivity index (χ4v) is 3.91. The highest BCUT2D eigenvalue weighted by molar-refractivity contribution is 7.99. The van der Waals surface area contributed by atoms with Gasteiger partial charge in [0.05, 0.1) is 5.57 Å². The summed E-state index contributed by atoms with van der Waals surface area (Å²) in [4.78, 5) is 16.6. The first-order chi connectivity index (χ1) is 11.9. The first-order valence-corrected chi connectivity index (χ1v) is 9.48. The van der Waals surface area contributed by atoms with Gasteiger partial charge < -0.3 is 11.1 Å². The first-order valence-electron chi connectivity index (χ1n) is 7.74. The van der Waals surface area contributed by atoms with Crippen LogP contribution in [0.5, 0.6) is 0 Å². The minimum atomic E-state index is -0.554. The van der Waals surface area contributed by atoms with Crippen molar-refractivity contribution in [3.05, 3.63) is 45.1 Å². The van der Waals surface area contributed by atoms with Crippen LogP contribution < -0.4 is 11.1 Å². The minimum absolute atomic E-state index is 0.397. The van der Waals surface area contributed by atoms with Gasteiger partial charge in [0.25, 0.3) is 0 Å². The van der Waals surface area contributed by atoms with Crippen LogP contribution >= 0.6 is 35.0 Å². The average molecular weight is 398 g/mol. The number of nitrogens with zero attached hydrogens (tertiary/aromatic N) is 3. The third-order valence-electron chi connectivity index (χ3n) is 3.79. The number of fused-ring (bicyclic) bond motifs is 1. The van der Waals surface area contributed by atoms with Crippen LogP contribution in [-0.4, -0.2) is 26.4 Å². The standard InChI is InChI=1S/C16H17Cl2N5OS/c1-3-6-25-16-21-15-20-8(2)12(14(19)24)13(23(15)22-16)10-5-4-9(17)7-11(10)18/h4-5,7,13H,3,6H2,1-2H3,(H2,19,24)(H,20,21,22). The number of anilines is 1. The summed E-state index contributed by atoms with van der Waals surface area (Å²) < 4.78 is 1.65. The van der Waals surface area contributed by atoms with Crippen LogP contribution in [0.1, 0.15) is 31.9 Å². The number of amides is 1. The van der Waals surface area contributed by atoms with Crippen molar-refractivity contribution in [1.82, 2.24) is 14.8 Å². The average Bonchev–Trinajstić information content (AvgIpc) is 2.94. The van der Waals surface area contributed by atoms with Crippen molar-refractivity contribution in [2.24, 2.45) is 5.73 Å². The van der Waals surface area contributed by atoms with Crippen LogP contribution in [0.3, 0.4) is 0 Å². The van der Waals surface area contributed by atoms with Crippen molar-refractivity contribution < 1.29 is 4.79 Å². The predicted octanol–water partition coefficient (Wildman–Crippen LogP) is 3.86. The molecular weight excluding hydrogens is 381 g/mol. The topological polar surface area (TPSA) is 85.8 Å². The van der Waals surface area contributed by atoms with Gasteiger partial charge in [0.2, 0.25) is 17.0 Å². The molecule has 0 fully saturated rings. The lowest BCUT2D eigenvalue weighted by atomic mass is 9.95. The van der Waals surface area contributed by atoms with Gasteiger partial charge in [-0.3, -0.25) is 4.79 Å². The molecule has 1 aliphatic rings. The molecule has 3 N–H and O–H groups in total. The van der Waals surface area contributed by atoms with Gasteiger partial charge in [-0.2, -0.15) is 4.98 Å². The Morgan fingerprint density at radius 1 is 1.44 bits per heavy atom. The number of aromatic nitrogens is 3. The summed E-state index contributed by atoms with van der Waals surface area (Å²) >= 11 is 14.0. The van der Waals surface area contributed by atoms with Gasteiger partial charge in [0, 0.05) is 27.1 Å². The lowest BCUT2D eigenvalue weighted by Crippen LogP contribution is -2.32. The molecule has 2 heterocycles. The molecule has 0 aliphatic carbocycles. The fourth-order valence-electron chi connectivity index (χ4n) is 2.72. The van der Waals surface area contributed by atoms with Gasteiger partial charge in [-0.1, -0.05) is 48.0 Å². The number of benzene rings is 1. The molecule has 6 nitrogen and oxygen atoms in total. The maximum Gasteiger partial charge on any atom is 0.248 e. The summed E-state index contributed by atoms with van der Waals surface area (Å²) in [5.74, 6) is 0.923. The van der Waals surface area contributed by atoms with Crippen LogP contribution in [0.4, 0.5) is 5.95 Å². The molecule has 1 atom stereocenters. The Kier molecular flexibility index (Phi) is 5.27. The predicted molar refractivity (Wildman–Crippen MR) is 101 cm³/mol. The summed E-state index contributed by atoms with van der Waals surface area (Å²) in [6, 6.07) is 4.59. The van der Waals surface area contributed by atoms with Crippen LogP contribution in [0, 0.1) is 0 Å². The van der Waals surface area contributed by atoms with Crippen molar-refractivity contribution >= 4 is 46.8 Å². The number of thioether (sulfide) groups is 1. The van der Waals surface area contributed by atoms with E-state index in [0.717, 1.165) is 12.2 Å². The number of rotatable bonds is 5. The molecule has 0 spiro atoms. The number of nitrogens with two attached hydrogens (primary N) is 1. The molecule has 1 aromatic carbocycles. The maximum absolute atomic E-state index is 12.1. The second kappa shape index (κ2) is 7.27. The van der Waals surface area contributed by atoms with Crippen molar-refractivity contribution in [3.63, 3.8) is 0 Å². The molecule has 0 saturated heterocycles. The molecule has 1 aromatic heterocycles. The maximum atomic E-state index is 12.1. The van der Waals surface area contributed by atoms with E-state index >= 15 is 0 Å². The largest absolute Gasteiger partial charge is 0.366 e. The summed E-state index contributed by atoms with van der Waals surface area (Å²) in [5.41, 5.74) is 7.36. The highest BCUT2D eigenvalue weighted by atomic mass is 35.5. The van der Waals surface area contributed by atoms with E-state index in [9.17, 15) is 4.79 Å². The summed E-state index contributed by atoms with van der Waals surface area (Å²) in [5, 5.41) is 9.25. The Morgan fingerprint density at radius 3 is 2.84 bits per heavy atom. The monoisotopic (exact) mass is 397 g/mol. The van der Waals surface area contributed by atoms with E-state index in [1.165, 1.54) is 0 Å². The Labute approximate surface area is 159 Å². The molecule has 2 aromatic rings. The Hall–Kier alpha value is -1.70. The van der Waals surface area contributed by atoms with E-state index in [2.05, 4.69) is 22.3 Å². The molecule has 0 radical (unpaired) electrons. The lowest BCUT2D eigenvalue weighted by Gasteiger charge is -2.28. The third-order valence-corrected chi connectivity index (χ3v) is 5.40. The highest BCUT2D eigenvalue weighted by Crippen LogP contribution is 2.39. The SMILES string of the molecule is CCCSc1nc2n(n1)C(c1ccc(Cl)cc1Cl)C(C(N)=O)=C(C)N2. The smallest absolute Gasteiger partial charge is 0.248 e. The molecule has 25 heavy (non-hydrogen) atoms. The van der Waals surface area contributed by atoms with E-state index in [-0.39, 0.29) is 0 Å². The lowest BCUT2D eigenvalue weighted by molar-refractivity contribution is -0.115. The van der Waals surface area contributed by atoms with Gasteiger partial charge in [0.15, 0.2) is 0 Å². The number of hydrogen-bond acceptors (Lipinski definition) is 5. The molecule has 0 saturated carbocycles. The normalized spacial score (nSPS) is 16.6. The molecule has 132 valence electrons. The molecule has 3 rings (SSSR count). The quantitative estimate of drug-likeness (QED) is 0.747. The zero-order valence-electron chi connectivity index (χ0n) is 13.7. The molecular formula is C16H17Cl2N5OS. The molecule has 1 unspecified atom stereocenters. The van der Waals surface area contributed by atoms with Crippen LogP contribution in [0.15, 0.2) is 34.6 Å². The Morgan fingerprint density at radius 2 is 2.20 bits per heavy atom. The van der Waals surface area contributed by atoms with Gasteiger partial charge in [-0.25, -0.2) is 4.68 Å². The Balaban J connectivity index is 2.15. The second-order valence-corrected chi connectivity index (χ2v) is 7.51. The molecule has 1 aliphatic heterocycles. The van der Waals surface area contributed by atoms with Crippen LogP contribution in [-0.2, 0) is 4.79 Å². The number of carbonyl (C=O) groups is 1. The number of primary amides is 1.